The molecule has 3 saturated carbocycles. The van der Waals surface area contributed by atoms with Crippen LogP contribution in [0.1, 0.15) is 44.1 Å². The highest BCUT2D eigenvalue weighted by molar-refractivity contribution is 5.85. The predicted molar refractivity (Wildman–Crippen MR) is 102 cm³/mol. The summed E-state index contributed by atoms with van der Waals surface area (Å²) in [6, 6.07) is 10.4. The fourth-order valence-corrected chi connectivity index (χ4v) is 6.53. The Kier molecular flexibility index (Phi) is 4.06. The first kappa shape index (κ1) is 17.3. The molecule has 1 heterocycles. The number of aliphatic carboxylic acids is 1. The number of nitrogens with zero attached hydrogens (tertiary/aromatic N) is 1. The normalized spacial score (nSPS) is 37.7. The molecule has 3 unspecified atom stereocenters. The number of hydrogen-bond donors (Lipinski definition) is 1. The lowest BCUT2D eigenvalue weighted by Crippen LogP contribution is -2.47. The molecule has 1 aliphatic heterocycles. The van der Waals surface area contributed by atoms with Crippen LogP contribution in [0.25, 0.3) is 0 Å². The molecule has 1 N–H and O–H groups in total. The van der Waals surface area contributed by atoms with E-state index in [4.69, 9.17) is 0 Å². The van der Waals surface area contributed by atoms with Gasteiger partial charge in [-0.05, 0) is 67.8 Å². The van der Waals surface area contributed by atoms with E-state index >= 15 is 0 Å². The molecule has 1 aromatic carbocycles. The maximum atomic E-state index is 13.9. The van der Waals surface area contributed by atoms with Crippen LogP contribution in [-0.4, -0.2) is 35.0 Å². The Balaban J connectivity index is 1.42. The van der Waals surface area contributed by atoms with Gasteiger partial charge in [-0.1, -0.05) is 36.8 Å². The highest BCUT2D eigenvalue weighted by atomic mass is 16.4. The summed E-state index contributed by atoms with van der Waals surface area (Å²) in [5, 5.41) is 9.69. The minimum Gasteiger partial charge on any atom is -0.481 e. The Morgan fingerprint density at radius 2 is 1.85 bits per heavy atom. The van der Waals surface area contributed by atoms with E-state index in [0.717, 1.165) is 32.1 Å². The van der Waals surface area contributed by atoms with Gasteiger partial charge in [0.25, 0.3) is 0 Å². The first-order chi connectivity index (χ1) is 13.1. The number of carboxylic acid groups (broad SMARTS) is 1. The van der Waals surface area contributed by atoms with Crippen molar-refractivity contribution < 1.29 is 14.7 Å². The highest BCUT2D eigenvalue weighted by Crippen LogP contribution is 2.58. The predicted octanol–water partition coefficient (Wildman–Crippen LogP) is 3.60. The standard InChI is InChI=1S/C23H29NO3/c25-21(26)20-14-24(13-19(20)17-7-8-17)22(27)23(11-15-4-2-1-3-5-15)12-16-6-9-18(23)10-16/h1-5,16-20H,6-14H2,(H,25,26)/t16?,18?,19-,20+,23?/m1/s1. The number of benzene rings is 1. The molecule has 27 heavy (non-hydrogen) atoms. The molecule has 2 bridgehead atoms. The number of amides is 1. The summed E-state index contributed by atoms with van der Waals surface area (Å²) in [4.78, 5) is 27.6. The zero-order valence-electron chi connectivity index (χ0n) is 15.8. The summed E-state index contributed by atoms with van der Waals surface area (Å²) >= 11 is 0. The van der Waals surface area contributed by atoms with Crippen LogP contribution in [0.4, 0.5) is 0 Å². The molecular formula is C23H29NO3. The van der Waals surface area contributed by atoms with Gasteiger partial charge < -0.3 is 10.0 Å². The summed E-state index contributed by atoms with van der Waals surface area (Å²) in [6.07, 6.45) is 7.68. The second-order valence-corrected chi connectivity index (χ2v) is 9.55. The van der Waals surface area contributed by atoms with Crippen LogP contribution >= 0.6 is 0 Å². The topological polar surface area (TPSA) is 57.6 Å². The van der Waals surface area contributed by atoms with Crippen LogP contribution in [0.5, 0.6) is 0 Å². The average molecular weight is 367 g/mol. The van der Waals surface area contributed by atoms with Gasteiger partial charge in [-0.15, -0.1) is 0 Å². The third-order valence-electron chi connectivity index (χ3n) is 7.96. The maximum Gasteiger partial charge on any atom is 0.308 e. The van der Waals surface area contributed by atoms with Crippen molar-refractivity contribution in [2.75, 3.05) is 13.1 Å². The quantitative estimate of drug-likeness (QED) is 0.865. The van der Waals surface area contributed by atoms with Crippen LogP contribution in [-0.2, 0) is 16.0 Å². The SMILES string of the molecule is O=C(O)[C@H]1CN(C(=O)C2(Cc3ccccc3)CC3CCC2C3)C[C@@H]1C1CC1. The van der Waals surface area contributed by atoms with Crippen molar-refractivity contribution in [2.24, 2.45) is 35.0 Å². The van der Waals surface area contributed by atoms with Crippen LogP contribution in [0.3, 0.4) is 0 Å². The Labute approximate surface area is 160 Å². The van der Waals surface area contributed by atoms with Crippen LogP contribution < -0.4 is 0 Å². The van der Waals surface area contributed by atoms with E-state index in [0.29, 0.717) is 30.8 Å². The number of carboxylic acids is 1. The minimum atomic E-state index is -0.716. The van der Waals surface area contributed by atoms with Crippen molar-refractivity contribution in [1.82, 2.24) is 4.90 Å². The molecule has 1 aromatic rings. The van der Waals surface area contributed by atoms with Gasteiger partial charge >= 0.3 is 5.97 Å². The summed E-state index contributed by atoms with van der Waals surface area (Å²) in [6.45, 7) is 1.08. The Morgan fingerprint density at radius 3 is 2.44 bits per heavy atom. The molecule has 1 amide bonds. The molecule has 0 spiro atoms. The van der Waals surface area contributed by atoms with Gasteiger partial charge in [0.15, 0.2) is 0 Å². The van der Waals surface area contributed by atoms with Crippen LogP contribution in [0, 0.1) is 35.0 Å². The number of likely N-dealkylation sites (tertiary alicyclic amines) is 1. The van der Waals surface area contributed by atoms with E-state index in [1.807, 2.05) is 11.0 Å². The first-order valence-electron chi connectivity index (χ1n) is 10.6. The molecule has 5 rings (SSSR count). The summed E-state index contributed by atoms with van der Waals surface area (Å²) in [5.41, 5.74) is 0.942. The number of carbonyl (C=O) groups is 2. The number of fused-ring (bicyclic) bond motifs is 2. The number of rotatable bonds is 5. The van der Waals surface area contributed by atoms with Gasteiger partial charge in [0.2, 0.25) is 5.91 Å². The lowest BCUT2D eigenvalue weighted by Gasteiger charge is -2.39. The molecule has 5 atom stereocenters. The molecule has 0 aromatic heterocycles. The lowest BCUT2D eigenvalue weighted by molar-refractivity contribution is -0.145. The molecule has 4 nitrogen and oxygen atoms in total. The molecule has 1 saturated heterocycles. The van der Waals surface area contributed by atoms with Crippen molar-refractivity contribution >= 4 is 11.9 Å². The second-order valence-electron chi connectivity index (χ2n) is 9.55. The zero-order chi connectivity index (χ0) is 18.6. The summed E-state index contributed by atoms with van der Waals surface area (Å²) in [5.74, 6) is 1.01. The van der Waals surface area contributed by atoms with Crippen molar-refractivity contribution in [3.05, 3.63) is 35.9 Å². The monoisotopic (exact) mass is 367 g/mol. The van der Waals surface area contributed by atoms with E-state index in [1.165, 1.54) is 18.4 Å². The largest absolute Gasteiger partial charge is 0.481 e. The van der Waals surface area contributed by atoms with Crippen molar-refractivity contribution in [1.29, 1.82) is 0 Å². The van der Waals surface area contributed by atoms with Gasteiger partial charge in [-0.2, -0.15) is 0 Å². The Hall–Kier alpha value is -1.84. The Bertz CT molecular complexity index is 743. The summed E-state index contributed by atoms with van der Waals surface area (Å²) < 4.78 is 0. The molecule has 4 heteroatoms. The third-order valence-corrected chi connectivity index (χ3v) is 7.96. The van der Waals surface area contributed by atoms with Gasteiger partial charge in [0.05, 0.1) is 11.3 Å². The van der Waals surface area contributed by atoms with E-state index < -0.39 is 5.97 Å². The average Bonchev–Trinajstić information content (AvgIpc) is 3.11. The van der Waals surface area contributed by atoms with Crippen LogP contribution in [0.2, 0.25) is 0 Å². The van der Waals surface area contributed by atoms with Crippen molar-refractivity contribution in [2.45, 2.75) is 44.9 Å². The van der Waals surface area contributed by atoms with Crippen molar-refractivity contribution in [3.63, 3.8) is 0 Å². The maximum absolute atomic E-state index is 13.9. The van der Waals surface area contributed by atoms with E-state index in [-0.39, 0.29) is 23.2 Å². The van der Waals surface area contributed by atoms with E-state index in [9.17, 15) is 14.7 Å². The fraction of sp³-hybridized carbons (Fsp3) is 0.652. The molecule has 4 aliphatic rings. The van der Waals surface area contributed by atoms with Gasteiger partial charge in [0, 0.05) is 13.1 Å². The first-order valence-corrected chi connectivity index (χ1v) is 10.6. The van der Waals surface area contributed by atoms with Gasteiger partial charge in [0.1, 0.15) is 0 Å². The molecule has 3 aliphatic carbocycles. The zero-order valence-corrected chi connectivity index (χ0v) is 15.8. The molecular weight excluding hydrogens is 338 g/mol. The van der Waals surface area contributed by atoms with Crippen LogP contribution in [0.15, 0.2) is 30.3 Å². The number of carbonyl (C=O) groups excluding carboxylic acids is 1. The molecule has 144 valence electrons. The Morgan fingerprint density at radius 1 is 1.07 bits per heavy atom. The van der Waals surface area contributed by atoms with Gasteiger partial charge in [-0.3, -0.25) is 9.59 Å². The second kappa shape index (κ2) is 6.35. The van der Waals surface area contributed by atoms with E-state index in [2.05, 4.69) is 24.3 Å². The van der Waals surface area contributed by atoms with E-state index in [1.54, 1.807) is 0 Å². The smallest absolute Gasteiger partial charge is 0.308 e. The lowest BCUT2D eigenvalue weighted by atomic mass is 9.68. The molecule has 0 radical (unpaired) electrons. The van der Waals surface area contributed by atoms with Gasteiger partial charge in [-0.25, -0.2) is 0 Å². The minimum absolute atomic E-state index is 0.166. The highest BCUT2D eigenvalue weighted by Gasteiger charge is 2.58. The number of hydrogen-bond acceptors (Lipinski definition) is 2. The molecule has 4 fully saturated rings. The fourth-order valence-electron chi connectivity index (χ4n) is 6.53. The summed E-state index contributed by atoms with van der Waals surface area (Å²) in [7, 11) is 0. The third kappa shape index (κ3) is 2.88. The van der Waals surface area contributed by atoms with Crippen molar-refractivity contribution in [3.8, 4) is 0 Å².